The van der Waals surface area contributed by atoms with Gasteiger partial charge in [-0.2, -0.15) is 0 Å². The van der Waals surface area contributed by atoms with Crippen molar-refractivity contribution in [2.45, 2.75) is 44.9 Å². The molecular weight excluding hydrogens is 203 g/mol. The van der Waals surface area contributed by atoms with Crippen LogP contribution in [-0.4, -0.2) is 0 Å². The summed E-state index contributed by atoms with van der Waals surface area (Å²) in [6.45, 7) is 2.25. The first-order valence-electron chi connectivity index (χ1n) is 5.84. The number of hydrogen-bond donors (Lipinski definition) is 0. The molecule has 0 bridgehead atoms. The van der Waals surface area contributed by atoms with Gasteiger partial charge in [-0.25, -0.2) is 0 Å². The summed E-state index contributed by atoms with van der Waals surface area (Å²) in [5.74, 6) is 1.79. The standard InChI is InChI=1S/C13H19OP/c1-2-3-4-10-7-8-12(14-15)9-13(10)11-5-6-11/h7-9,11H,2-6,15H2,1H3. The van der Waals surface area contributed by atoms with E-state index in [9.17, 15) is 0 Å². The Labute approximate surface area is 94.5 Å². The van der Waals surface area contributed by atoms with Crippen LogP contribution in [0.25, 0.3) is 0 Å². The van der Waals surface area contributed by atoms with Crippen LogP contribution in [0, 0.1) is 0 Å². The molecule has 2 heteroatoms. The Morgan fingerprint density at radius 3 is 2.80 bits per heavy atom. The third-order valence-electron chi connectivity index (χ3n) is 3.07. The van der Waals surface area contributed by atoms with Gasteiger partial charge in [-0.1, -0.05) is 19.4 Å². The lowest BCUT2D eigenvalue weighted by Crippen LogP contribution is -1.93. The van der Waals surface area contributed by atoms with Crippen molar-refractivity contribution in [3.05, 3.63) is 29.3 Å². The largest absolute Gasteiger partial charge is 0.480 e. The van der Waals surface area contributed by atoms with Gasteiger partial charge in [0.25, 0.3) is 0 Å². The Balaban J connectivity index is 2.19. The van der Waals surface area contributed by atoms with Crippen molar-refractivity contribution < 1.29 is 4.52 Å². The van der Waals surface area contributed by atoms with Gasteiger partial charge in [0, 0.05) is 0 Å². The molecule has 0 radical (unpaired) electrons. The summed E-state index contributed by atoms with van der Waals surface area (Å²) in [5.41, 5.74) is 3.06. The molecule has 0 aliphatic heterocycles. The Morgan fingerprint density at radius 1 is 1.40 bits per heavy atom. The van der Waals surface area contributed by atoms with Gasteiger partial charge in [0.15, 0.2) is 0 Å². The lowest BCUT2D eigenvalue weighted by atomic mass is 9.98. The second kappa shape index (κ2) is 4.99. The third kappa shape index (κ3) is 2.72. The van der Waals surface area contributed by atoms with Crippen LogP contribution in [0.3, 0.4) is 0 Å². The first kappa shape index (κ1) is 11.0. The minimum absolute atomic E-state index is 0.817. The van der Waals surface area contributed by atoms with Crippen molar-refractivity contribution in [1.29, 1.82) is 0 Å². The fraction of sp³-hybridized carbons (Fsp3) is 0.538. The molecule has 1 unspecified atom stereocenters. The molecule has 0 heterocycles. The van der Waals surface area contributed by atoms with Gasteiger partial charge in [0.2, 0.25) is 0 Å². The summed E-state index contributed by atoms with van der Waals surface area (Å²) in [4.78, 5) is 0. The number of aryl methyl sites for hydroxylation is 1. The van der Waals surface area contributed by atoms with Crippen molar-refractivity contribution in [3.63, 3.8) is 0 Å². The van der Waals surface area contributed by atoms with Gasteiger partial charge in [0.1, 0.15) is 5.75 Å². The quantitative estimate of drug-likeness (QED) is 0.682. The molecule has 15 heavy (non-hydrogen) atoms. The normalized spacial score (nSPS) is 15.3. The zero-order valence-electron chi connectivity index (χ0n) is 9.33. The van der Waals surface area contributed by atoms with E-state index in [2.05, 4.69) is 34.6 Å². The zero-order chi connectivity index (χ0) is 10.7. The monoisotopic (exact) mass is 222 g/mol. The molecule has 1 saturated carbocycles. The average molecular weight is 222 g/mol. The molecule has 1 aromatic rings. The van der Waals surface area contributed by atoms with Crippen LogP contribution in [0.5, 0.6) is 5.75 Å². The molecule has 1 aliphatic carbocycles. The van der Waals surface area contributed by atoms with Crippen LogP contribution in [-0.2, 0) is 6.42 Å². The summed E-state index contributed by atoms with van der Waals surface area (Å²) < 4.78 is 5.21. The van der Waals surface area contributed by atoms with Crippen LogP contribution >= 0.6 is 9.47 Å². The maximum Gasteiger partial charge on any atom is 0.122 e. The third-order valence-corrected chi connectivity index (χ3v) is 3.34. The van der Waals surface area contributed by atoms with E-state index in [1.807, 2.05) is 0 Å². The Bertz CT molecular complexity index is 331. The molecule has 0 aromatic heterocycles. The summed E-state index contributed by atoms with van der Waals surface area (Å²) in [7, 11) is 2.32. The first-order valence-corrected chi connectivity index (χ1v) is 6.32. The summed E-state index contributed by atoms with van der Waals surface area (Å²) >= 11 is 0. The molecule has 1 aromatic carbocycles. The molecular formula is C13H19OP. The molecule has 0 spiro atoms. The van der Waals surface area contributed by atoms with Gasteiger partial charge in [-0.3, -0.25) is 0 Å². The second-order valence-electron chi connectivity index (χ2n) is 4.36. The van der Waals surface area contributed by atoms with Crippen molar-refractivity contribution in [2.24, 2.45) is 0 Å². The molecule has 1 aliphatic rings. The summed E-state index contributed by atoms with van der Waals surface area (Å²) in [6, 6.07) is 6.53. The van der Waals surface area contributed by atoms with E-state index in [0.717, 1.165) is 11.7 Å². The van der Waals surface area contributed by atoms with Crippen molar-refractivity contribution in [2.75, 3.05) is 0 Å². The van der Waals surface area contributed by atoms with Crippen molar-refractivity contribution in [3.8, 4) is 5.75 Å². The molecule has 0 N–H and O–H groups in total. The van der Waals surface area contributed by atoms with Gasteiger partial charge in [0.05, 0.1) is 9.47 Å². The molecule has 2 rings (SSSR count). The smallest absolute Gasteiger partial charge is 0.122 e. The molecule has 0 saturated heterocycles. The molecule has 1 atom stereocenters. The van der Waals surface area contributed by atoms with Crippen LogP contribution in [0.4, 0.5) is 0 Å². The Kier molecular flexibility index (Phi) is 3.64. The maximum atomic E-state index is 5.21. The van der Waals surface area contributed by atoms with Crippen LogP contribution in [0.2, 0.25) is 0 Å². The Morgan fingerprint density at radius 2 is 2.20 bits per heavy atom. The van der Waals surface area contributed by atoms with Gasteiger partial charge in [-0.05, 0) is 54.9 Å². The van der Waals surface area contributed by atoms with Crippen molar-refractivity contribution in [1.82, 2.24) is 0 Å². The summed E-state index contributed by atoms with van der Waals surface area (Å²) in [5, 5.41) is 0. The predicted octanol–water partition coefficient (Wildman–Crippen LogP) is 4.08. The van der Waals surface area contributed by atoms with Crippen LogP contribution in [0.1, 0.15) is 49.7 Å². The first-order chi connectivity index (χ1) is 7.35. The highest BCUT2D eigenvalue weighted by Crippen LogP contribution is 2.43. The van der Waals surface area contributed by atoms with E-state index in [1.54, 1.807) is 0 Å². The minimum atomic E-state index is 0.817. The minimum Gasteiger partial charge on any atom is -0.480 e. The second-order valence-corrected chi connectivity index (χ2v) is 4.59. The highest BCUT2D eigenvalue weighted by atomic mass is 31.0. The molecule has 1 fully saturated rings. The number of hydrogen-bond acceptors (Lipinski definition) is 1. The van der Waals surface area contributed by atoms with E-state index < -0.39 is 0 Å². The lowest BCUT2D eigenvalue weighted by Gasteiger charge is -2.10. The van der Waals surface area contributed by atoms with Gasteiger partial charge < -0.3 is 4.52 Å². The maximum absolute atomic E-state index is 5.21. The fourth-order valence-corrected chi connectivity index (χ4v) is 2.16. The topological polar surface area (TPSA) is 9.23 Å². The Hall–Kier alpha value is -0.550. The van der Waals surface area contributed by atoms with Gasteiger partial charge >= 0.3 is 0 Å². The lowest BCUT2D eigenvalue weighted by molar-refractivity contribution is 0.643. The highest BCUT2D eigenvalue weighted by molar-refractivity contribution is 7.10. The van der Waals surface area contributed by atoms with E-state index in [4.69, 9.17) is 4.52 Å². The van der Waals surface area contributed by atoms with Crippen LogP contribution in [0.15, 0.2) is 18.2 Å². The van der Waals surface area contributed by atoms with E-state index in [-0.39, 0.29) is 0 Å². The molecule has 82 valence electrons. The summed E-state index contributed by atoms with van der Waals surface area (Å²) in [6.07, 6.45) is 6.51. The number of unbranched alkanes of at least 4 members (excludes halogenated alkanes) is 1. The molecule has 1 nitrogen and oxygen atoms in total. The number of benzene rings is 1. The van der Waals surface area contributed by atoms with Crippen LogP contribution < -0.4 is 4.52 Å². The van der Waals surface area contributed by atoms with E-state index in [0.29, 0.717) is 0 Å². The fourth-order valence-electron chi connectivity index (χ4n) is 2.02. The predicted molar refractivity (Wildman–Crippen MR) is 67.4 cm³/mol. The SMILES string of the molecule is CCCCc1ccc(OP)cc1C1CC1. The van der Waals surface area contributed by atoms with Gasteiger partial charge in [-0.15, -0.1) is 0 Å². The molecule has 0 amide bonds. The van der Waals surface area contributed by atoms with Crippen molar-refractivity contribution >= 4 is 9.47 Å². The average Bonchev–Trinajstić information content (AvgIpc) is 3.10. The van der Waals surface area contributed by atoms with E-state index >= 15 is 0 Å². The highest BCUT2D eigenvalue weighted by Gasteiger charge is 2.26. The zero-order valence-corrected chi connectivity index (χ0v) is 10.5. The van der Waals surface area contributed by atoms with E-state index in [1.165, 1.54) is 43.2 Å². The number of rotatable bonds is 5.